The second-order valence-corrected chi connectivity index (χ2v) is 8.97. The molecule has 0 atom stereocenters. The largest absolute Gasteiger partial charge is 0.478 e. The Bertz CT molecular complexity index is 1310. The van der Waals surface area contributed by atoms with Gasteiger partial charge in [0, 0.05) is 23.1 Å². The van der Waals surface area contributed by atoms with E-state index in [0.717, 1.165) is 42.6 Å². The van der Waals surface area contributed by atoms with Crippen molar-refractivity contribution in [2.45, 2.75) is 59.8 Å². The predicted molar refractivity (Wildman–Crippen MR) is 140 cm³/mol. The number of ether oxygens (including phenoxy) is 1. The molecule has 1 heterocycles. The Morgan fingerprint density at radius 3 is 2.06 bits per heavy atom. The summed E-state index contributed by atoms with van der Waals surface area (Å²) in [5, 5.41) is 10.1. The molecule has 0 aliphatic carbocycles. The van der Waals surface area contributed by atoms with Crippen LogP contribution in [0.3, 0.4) is 0 Å². The molecule has 0 radical (unpaired) electrons. The summed E-state index contributed by atoms with van der Waals surface area (Å²) in [5.41, 5.74) is 21.7. The third-order valence-corrected chi connectivity index (χ3v) is 7.38. The summed E-state index contributed by atoms with van der Waals surface area (Å²) in [5.74, 6) is 0.306. The summed E-state index contributed by atoms with van der Waals surface area (Å²) in [6, 6.07) is 6.69. The fourth-order valence-electron chi connectivity index (χ4n) is 5.46. The number of anilines is 2. The van der Waals surface area contributed by atoms with Gasteiger partial charge in [-0.25, -0.2) is 4.79 Å². The lowest BCUT2D eigenvalue weighted by Gasteiger charge is -2.31. The summed E-state index contributed by atoms with van der Waals surface area (Å²) >= 11 is 6.97. The Morgan fingerprint density at radius 1 is 0.882 bits per heavy atom. The molecule has 5 nitrogen and oxygen atoms in total. The van der Waals surface area contributed by atoms with Gasteiger partial charge in [-0.15, -0.1) is 0 Å². The molecule has 3 aromatic carbocycles. The van der Waals surface area contributed by atoms with Gasteiger partial charge >= 0.3 is 5.97 Å². The smallest absolute Gasteiger partial charge is 0.336 e. The predicted octanol–water partition coefficient (Wildman–Crippen LogP) is 6.82. The zero-order valence-electron chi connectivity index (χ0n) is 20.1. The van der Waals surface area contributed by atoms with E-state index in [2.05, 4.69) is 27.7 Å². The van der Waals surface area contributed by atoms with Gasteiger partial charge in [-0.05, 0) is 59.6 Å². The van der Waals surface area contributed by atoms with Gasteiger partial charge in [0.2, 0.25) is 0 Å². The Balaban J connectivity index is 2.03. The van der Waals surface area contributed by atoms with Crippen LogP contribution < -0.4 is 16.2 Å². The summed E-state index contributed by atoms with van der Waals surface area (Å²) in [6.07, 6.45) is 4.19. The molecule has 1 aliphatic rings. The summed E-state index contributed by atoms with van der Waals surface area (Å²) in [4.78, 5) is 11.9. The monoisotopic (exact) mass is 478 g/mol. The number of aromatic carboxylic acids is 1. The number of carboxylic acid groups (broad SMARTS) is 1. The van der Waals surface area contributed by atoms with Gasteiger partial charge in [0.15, 0.2) is 5.75 Å². The third kappa shape index (κ3) is 3.50. The van der Waals surface area contributed by atoms with Crippen LogP contribution in [0.5, 0.6) is 11.5 Å². The summed E-state index contributed by atoms with van der Waals surface area (Å²) in [6.45, 7) is 8.70. The molecular weight excluding hydrogens is 448 g/mol. The van der Waals surface area contributed by atoms with Gasteiger partial charge in [-0.3, -0.25) is 0 Å². The molecule has 34 heavy (non-hydrogen) atoms. The number of fused-ring (bicyclic) bond motifs is 2. The number of rotatable bonds is 6. The zero-order chi connectivity index (χ0) is 24.7. The first kappa shape index (κ1) is 24.0. The van der Waals surface area contributed by atoms with E-state index in [1.54, 1.807) is 18.2 Å². The van der Waals surface area contributed by atoms with Crippen LogP contribution >= 0.6 is 11.6 Å². The van der Waals surface area contributed by atoms with Crippen molar-refractivity contribution in [2.75, 3.05) is 11.5 Å². The molecule has 4 rings (SSSR count). The van der Waals surface area contributed by atoms with Crippen molar-refractivity contribution in [3.8, 4) is 22.6 Å². The molecule has 0 aromatic heterocycles. The number of nitrogens with two attached hydrogens (primary N) is 2. The van der Waals surface area contributed by atoms with Crippen LogP contribution in [0.15, 0.2) is 24.3 Å². The van der Waals surface area contributed by atoms with Crippen molar-refractivity contribution in [2.24, 2.45) is 0 Å². The number of carboxylic acids is 1. The minimum absolute atomic E-state index is 0.121. The lowest BCUT2D eigenvalue weighted by atomic mass is 9.82. The number of benzene rings is 3. The number of hydrogen-bond donors (Lipinski definition) is 3. The number of nitrogen functional groups attached to an aromatic ring is 2. The standard InChI is InChI=1S/C28H31ClN2O3/c1-5-14-15(6-2)17(8-4)26-20(16(14)7-3)13-21-23(29)22(24(30)25(31)27(21)34-26)18-11-9-10-12-19(18)28(32)33/h9-12H,5-8,13,30-31H2,1-4H3,(H,32,33). The van der Waals surface area contributed by atoms with E-state index in [1.807, 2.05) is 0 Å². The number of halogens is 1. The molecule has 0 spiro atoms. The minimum Gasteiger partial charge on any atom is -0.478 e. The van der Waals surface area contributed by atoms with Crippen LogP contribution in [-0.2, 0) is 32.1 Å². The molecule has 0 saturated heterocycles. The van der Waals surface area contributed by atoms with Crippen LogP contribution in [-0.4, -0.2) is 11.1 Å². The van der Waals surface area contributed by atoms with E-state index in [-0.39, 0.29) is 16.9 Å². The first-order valence-corrected chi connectivity index (χ1v) is 12.3. The number of hydrogen-bond acceptors (Lipinski definition) is 4. The van der Waals surface area contributed by atoms with Crippen molar-refractivity contribution in [3.05, 3.63) is 68.2 Å². The van der Waals surface area contributed by atoms with Gasteiger partial charge < -0.3 is 21.3 Å². The van der Waals surface area contributed by atoms with Crippen molar-refractivity contribution >= 4 is 28.9 Å². The second-order valence-electron chi connectivity index (χ2n) is 8.59. The molecule has 6 heteroatoms. The van der Waals surface area contributed by atoms with Crippen LogP contribution in [0.4, 0.5) is 11.4 Å². The van der Waals surface area contributed by atoms with Crippen LogP contribution in [0.25, 0.3) is 11.1 Å². The lowest BCUT2D eigenvalue weighted by Crippen LogP contribution is -2.16. The zero-order valence-corrected chi connectivity index (χ0v) is 20.9. The van der Waals surface area contributed by atoms with Gasteiger partial charge in [0.05, 0.1) is 22.0 Å². The number of carbonyl (C=O) groups is 1. The second kappa shape index (κ2) is 9.22. The van der Waals surface area contributed by atoms with E-state index in [9.17, 15) is 9.90 Å². The Morgan fingerprint density at radius 2 is 1.47 bits per heavy atom. The topological polar surface area (TPSA) is 98.6 Å². The molecule has 1 aliphatic heterocycles. The highest BCUT2D eigenvalue weighted by Crippen LogP contribution is 2.53. The maximum Gasteiger partial charge on any atom is 0.336 e. The molecular formula is C28H31ClN2O3. The van der Waals surface area contributed by atoms with Gasteiger partial charge in [0.25, 0.3) is 0 Å². The van der Waals surface area contributed by atoms with E-state index in [1.165, 1.54) is 28.3 Å². The third-order valence-electron chi connectivity index (χ3n) is 6.97. The molecule has 0 fully saturated rings. The van der Waals surface area contributed by atoms with Crippen molar-refractivity contribution in [3.63, 3.8) is 0 Å². The molecule has 0 saturated carbocycles. The average molecular weight is 479 g/mol. The quantitative estimate of drug-likeness (QED) is 0.264. The van der Waals surface area contributed by atoms with Gasteiger partial charge in [-0.2, -0.15) is 0 Å². The highest BCUT2D eigenvalue weighted by molar-refractivity contribution is 6.36. The maximum atomic E-state index is 11.9. The van der Waals surface area contributed by atoms with Gasteiger partial charge in [0.1, 0.15) is 5.75 Å². The normalized spacial score (nSPS) is 12.1. The SMILES string of the molecule is CCc1c(CC)c(CC)c2c(c1CC)Cc1c(Cl)c(-c3ccccc3C(=O)O)c(N)c(N)c1O2. The van der Waals surface area contributed by atoms with E-state index in [4.69, 9.17) is 27.8 Å². The van der Waals surface area contributed by atoms with E-state index >= 15 is 0 Å². The first-order chi connectivity index (χ1) is 16.3. The molecule has 0 amide bonds. The fraction of sp³-hybridized carbons (Fsp3) is 0.321. The molecule has 3 aromatic rings. The van der Waals surface area contributed by atoms with E-state index in [0.29, 0.717) is 28.3 Å². The van der Waals surface area contributed by atoms with Crippen molar-refractivity contribution in [1.29, 1.82) is 0 Å². The molecule has 0 bridgehead atoms. The van der Waals surface area contributed by atoms with Crippen LogP contribution in [0, 0.1) is 0 Å². The van der Waals surface area contributed by atoms with Crippen molar-refractivity contribution < 1.29 is 14.6 Å². The highest BCUT2D eigenvalue weighted by atomic mass is 35.5. The molecule has 5 N–H and O–H groups in total. The molecule has 0 unspecified atom stereocenters. The summed E-state index contributed by atoms with van der Waals surface area (Å²) < 4.78 is 6.54. The Kier molecular flexibility index (Phi) is 6.50. The average Bonchev–Trinajstić information content (AvgIpc) is 2.85. The van der Waals surface area contributed by atoms with Crippen LogP contribution in [0.1, 0.15) is 71.4 Å². The molecule has 178 valence electrons. The summed E-state index contributed by atoms with van der Waals surface area (Å²) in [7, 11) is 0. The fourth-order valence-corrected chi connectivity index (χ4v) is 5.82. The first-order valence-electron chi connectivity index (χ1n) is 11.9. The van der Waals surface area contributed by atoms with Crippen LogP contribution in [0.2, 0.25) is 5.02 Å². The Hall–Kier alpha value is -3.18. The minimum atomic E-state index is -1.05. The Labute approximate surface area is 205 Å². The lowest BCUT2D eigenvalue weighted by molar-refractivity contribution is 0.0697. The highest BCUT2D eigenvalue weighted by Gasteiger charge is 2.32. The van der Waals surface area contributed by atoms with E-state index < -0.39 is 5.97 Å². The van der Waals surface area contributed by atoms with Gasteiger partial charge in [-0.1, -0.05) is 57.5 Å². The maximum absolute atomic E-state index is 11.9. The van der Waals surface area contributed by atoms with Crippen molar-refractivity contribution in [1.82, 2.24) is 0 Å².